The maximum absolute atomic E-state index is 5.36. The summed E-state index contributed by atoms with van der Waals surface area (Å²) in [7, 11) is 0. The highest BCUT2D eigenvalue weighted by molar-refractivity contribution is 7.99. The third-order valence-electron chi connectivity index (χ3n) is 3.28. The second-order valence-corrected chi connectivity index (χ2v) is 5.81. The number of rotatable bonds is 4. The van der Waals surface area contributed by atoms with Crippen LogP contribution < -0.4 is 0 Å². The van der Waals surface area contributed by atoms with Crippen molar-refractivity contribution in [2.24, 2.45) is 0 Å². The molecular weight excluding hydrogens is 224 g/mol. The van der Waals surface area contributed by atoms with Crippen molar-refractivity contribution >= 4 is 11.8 Å². The van der Waals surface area contributed by atoms with Crippen LogP contribution >= 0.6 is 11.8 Å². The summed E-state index contributed by atoms with van der Waals surface area (Å²) in [5.41, 5.74) is 0.0666. The van der Waals surface area contributed by atoms with Gasteiger partial charge in [-0.1, -0.05) is 24.6 Å². The Bertz CT molecular complexity index is 371. The second-order valence-electron chi connectivity index (χ2n) is 4.87. The third-order valence-corrected chi connectivity index (χ3v) is 4.56. The zero-order valence-corrected chi connectivity index (χ0v) is 10.2. The third kappa shape index (κ3) is 2.08. The Morgan fingerprint density at radius 1 is 1.50 bits per heavy atom. The Labute approximate surface area is 98.9 Å². The van der Waals surface area contributed by atoms with Gasteiger partial charge in [-0.2, -0.15) is 0 Å². The van der Waals surface area contributed by atoms with E-state index in [0.717, 1.165) is 17.5 Å². The van der Waals surface area contributed by atoms with Crippen LogP contribution in [0.5, 0.6) is 0 Å². The average molecular weight is 240 g/mol. The van der Waals surface area contributed by atoms with Crippen LogP contribution in [0.1, 0.15) is 38.6 Å². The number of tetrazole rings is 1. The van der Waals surface area contributed by atoms with E-state index in [9.17, 15) is 0 Å². The maximum atomic E-state index is 5.36. The SMILES string of the molecule is CC1(CSc2nnnn2C2CCCC2)CO1. The lowest BCUT2D eigenvalue weighted by Crippen LogP contribution is -2.12. The number of hydrogen-bond donors (Lipinski definition) is 0. The predicted molar refractivity (Wildman–Crippen MR) is 60.4 cm³/mol. The zero-order chi connectivity index (χ0) is 11.0. The van der Waals surface area contributed by atoms with E-state index in [0.29, 0.717) is 6.04 Å². The van der Waals surface area contributed by atoms with Gasteiger partial charge in [-0.25, -0.2) is 4.68 Å². The Kier molecular flexibility index (Phi) is 2.63. The fourth-order valence-corrected chi connectivity index (χ4v) is 3.10. The molecule has 1 aliphatic carbocycles. The second kappa shape index (κ2) is 4.00. The van der Waals surface area contributed by atoms with Crippen molar-refractivity contribution in [2.45, 2.75) is 49.4 Å². The molecule has 88 valence electrons. The summed E-state index contributed by atoms with van der Waals surface area (Å²) < 4.78 is 7.36. The minimum Gasteiger partial charge on any atom is -0.369 e. The summed E-state index contributed by atoms with van der Waals surface area (Å²) in [6.07, 6.45) is 5.03. The van der Waals surface area contributed by atoms with Gasteiger partial charge in [0.05, 0.1) is 18.2 Å². The number of nitrogens with zero attached hydrogens (tertiary/aromatic N) is 4. The molecule has 2 aliphatic rings. The van der Waals surface area contributed by atoms with Crippen molar-refractivity contribution in [3.63, 3.8) is 0 Å². The average Bonchev–Trinajstić information content (AvgIpc) is 2.80. The van der Waals surface area contributed by atoms with Crippen LogP contribution in [0.2, 0.25) is 0 Å². The van der Waals surface area contributed by atoms with Crippen LogP contribution in [-0.2, 0) is 4.74 Å². The Morgan fingerprint density at radius 2 is 2.25 bits per heavy atom. The highest BCUT2D eigenvalue weighted by Gasteiger charge is 2.39. The molecule has 0 N–H and O–H groups in total. The van der Waals surface area contributed by atoms with Gasteiger partial charge in [-0.05, 0) is 30.2 Å². The lowest BCUT2D eigenvalue weighted by atomic mass is 10.3. The van der Waals surface area contributed by atoms with Gasteiger partial charge in [0, 0.05) is 5.75 Å². The summed E-state index contributed by atoms with van der Waals surface area (Å²) in [5, 5.41) is 13.0. The summed E-state index contributed by atoms with van der Waals surface area (Å²) >= 11 is 1.71. The van der Waals surface area contributed by atoms with Crippen LogP contribution in [-0.4, -0.2) is 38.2 Å². The van der Waals surface area contributed by atoms with Crippen molar-refractivity contribution in [3.05, 3.63) is 0 Å². The maximum Gasteiger partial charge on any atom is 0.209 e. The lowest BCUT2D eigenvalue weighted by molar-refractivity contribution is 0.347. The molecule has 0 amide bonds. The van der Waals surface area contributed by atoms with E-state index >= 15 is 0 Å². The van der Waals surface area contributed by atoms with Gasteiger partial charge >= 0.3 is 0 Å². The molecule has 0 radical (unpaired) electrons. The van der Waals surface area contributed by atoms with Crippen molar-refractivity contribution in [1.82, 2.24) is 20.2 Å². The number of epoxide rings is 1. The first-order valence-electron chi connectivity index (χ1n) is 5.81. The van der Waals surface area contributed by atoms with E-state index < -0.39 is 0 Å². The molecule has 1 atom stereocenters. The first-order chi connectivity index (χ1) is 7.77. The number of aromatic nitrogens is 4. The van der Waals surface area contributed by atoms with E-state index in [2.05, 4.69) is 22.4 Å². The lowest BCUT2D eigenvalue weighted by Gasteiger charge is -2.11. The van der Waals surface area contributed by atoms with Gasteiger partial charge in [-0.3, -0.25) is 0 Å². The van der Waals surface area contributed by atoms with Crippen molar-refractivity contribution < 1.29 is 4.74 Å². The molecule has 2 fully saturated rings. The Balaban J connectivity index is 1.66. The van der Waals surface area contributed by atoms with Gasteiger partial charge < -0.3 is 4.74 Å². The summed E-state index contributed by atoms with van der Waals surface area (Å²) in [6.45, 7) is 2.99. The van der Waals surface area contributed by atoms with Crippen LogP contribution in [0.3, 0.4) is 0 Å². The molecule has 16 heavy (non-hydrogen) atoms. The van der Waals surface area contributed by atoms with Crippen LogP contribution in [0, 0.1) is 0 Å². The standard InChI is InChI=1S/C10H16N4OS/c1-10(6-15-10)7-16-9-11-12-13-14(9)8-4-2-3-5-8/h8H,2-7H2,1H3. The van der Waals surface area contributed by atoms with E-state index in [4.69, 9.17) is 4.74 Å². The van der Waals surface area contributed by atoms with E-state index in [-0.39, 0.29) is 5.60 Å². The van der Waals surface area contributed by atoms with Crippen LogP contribution in [0.4, 0.5) is 0 Å². The smallest absolute Gasteiger partial charge is 0.209 e. The highest BCUT2D eigenvalue weighted by Crippen LogP contribution is 2.35. The number of ether oxygens (including phenoxy) is 1. The molecular formula is C10H16N4OS. The largest absolute Gasteiger partial charge is 0.369 e. The van der Waals surface area contributed by atoms with Gasteiger partial charge in [0.1, 0.15) is 0 Å². The predicted octanol–water partition coefficient (Wildman–Crippen LogP) is 1.67. The Morgan fingerprint density at radius 3 is 2.94 bits per heavy atom. The molecule has 0 aromatic carbocycles. The van der Waals surface area contributed by atoms with Crippen molar-refractivity contribution in [2.75, 3.05) is 12.4 Å². The highest BCUT2D eigenvalue weighted by atomic mass is 32.2. The minimum absolute atomic E-state index is 0.0666. The van der Waals surface area contributed by atoms with Gasteiger partial charge in [0.25, 0.3) is 0 Å². The van der Waals surface area contributed by atoms with Gasteiger partial charge in [0.15, 0.2) is 0 Å². The van der Waals surface area contributed by atoms with Crippen LogP contribution in [0.15, 0.2) is 5.16 Å². The zero-order valence-electron chi connectivity index (χ0n) is 9.43. The van der Waals surface area contributed by atoms with E-state index in [1.54, 1.807) is 11.8 Å². The fourth-order valence-electron chi connectivity index (χ4n) is 2.08. The van der Waals surface area contributed by atoms with Crippen molar-refractivity contribution in [3.8, 4) is 0 Å². The number of thioether (sulfide) groups is 1. The molecule has 3 rings (SSSR count). The molecule has 1 saturated carbocycles. The first-order valence-corrected chi connectivity index (χ1v) is 6.80. The van der Waals surface area contributed by atoms with E-state index in [1.807, 2.05) is 4.68 Å². The molecule has 5 nitrogen and oxygen atoms in total. The van der Waals surface area contributed by atoms with Crippen LogP contribution in [0.25, 0.3) is 0 Å². The fraction of sp³-hybridized carbons (Fsp3) is 0.900. The van der Waals surface area contributed by atoms with E-state index in [1.165, 1.54) is 25.7 Å². The minimum atomic E-state index is 0.0666. The number of hydrogen-bond acceptors (Lipinski definition) is 5. The molecule has 1 aromatic heterocycles. The summed E-state index contributed by atoms with van der Waals surface area (Å²) in [5.74, 6) is 0.945. The normalized spacial score (nSPS) is 29.8. The molecule has 1 aliphatic heterocycles. The molecule has 2 heterocycles. The molecule has 1 unspecified atom stereocenters. The summed E-state index contributed by atoms with van der Waals surface area (Å²) in [4.78, 5) is 0. The molecule has 0 bridgehead atoms. The Hall–Kier alpha value is -0.620. The quantitative estimate of drug-likeness (QED) is 0.592. The molecule has 0 spiro atoms. The summed E-state index contributed by atoms with van der Waals surface area (Å²) in [6, 6.07) is 0.519. The molecule has 1 aromatic rings. The molecule has 6 heteroatoms. The van der Waals surface area contributed by atoms with Gasteiger partial charge in [-0.15, -0.1) is 5.10 Å². The van der Waals surface area contributed by atoms with Gasteiger partial charge in [0.2, 0.25) is 5.16 Å². The first kappa shape index (κ1) is 10.5. The van der Waals surface area contributed by atoms with Crippen molar-refractivity contribution in [1.29, 1.82) is 0 Å². The topological polar surface area (TPSA) is 56.1 Å². The molecule has 1 saturated heterocycles. The monoisotopic (exact) mass is 240 g/mol.